The summed E-state index contributed by atoms with van der Waals surface area (Å²) in [5.41, 5.74) is 2.64. The summed E-state index contributed by atoms with van der Waals surface area (Å²) in [5.74, 6) is 0. The molecule has 0 aliphatic rings. The van der Waals surface area contributed by atoms with Crippen LogP contribution in [0.25, 0.3) is 0 Å². The SMILES string of the molecule is Cc1ccc(S(=O)(=O)Nc2cc(C)cc(NS(=O)(=O)c3ccc(C)cc3)c2Cl)cc1. The molecule has 0 radical (unpaired) electrons. The molecule has 2 N–H and O–H groups in total. The van der Waals surface area contributed by atoms with Crippen LogP contribution in [0.15, 0.2) is 70.5 Å². The van der Waals surface area contributed by atoms with Crippen molar-refractivity contribution in [1.29, 1.82) is 0 Å². The Hall–Kier alpha value is -2.55. The van der Waals surface area contributed by atoms with Crippen LogP contribution in [0.5, 0.6) is 0 Å². The molecule has 0 heterocycles. The number of anilines is 2. The number of aryl methyl sites for hydroxylation is 3. The maximum absolute atomic E-state index is 12.7. The maximum atomic E-state index is 12.7. The van der Waals surface area contributed by atoms with Crippen molar-refractivity contribution in [1.82, 2.24) is 0 Å². The molecule has 0 bridgehead atoms. The lowest BCUT2D eigenvalue weighted by Gasteiger charge is -2.15. The Labute approximate surface area is 182 Å². The number of benzene rings is 3. The minimum atomic E-state index is -3.90. The Morgan fingerprint density at radius 1 is 0.600 bits per heavy atom. The van der Waals surface area contributed by atoms with E-state index in [0.717, 1.165) is 11.1 Å². The third kappa shape index (κ3) is 4.95. The predicted octanol–water partition coefficient (Wildman–Crippen LogP) is 4.87. The van der Waals surface area contributed by atoms with Gasteiger partial charge in [-0.25, -0.2) is 16.8 Å². The van der Waals surface area contributed by atoms with E-state index in [4.69, 9.17) is 11.6 Å². The van der Waals surface area contributed by atoms with Crippen LogP contribution in [0.2, 0.25) is 5.02 Å². The van der Waals surface area contributed by atoms with Gasteiger partial charge < -0.3 is 0 Å². The van der Waals surface area contributed by atoms with Crippen LogP contribution in [0.3, 0.4) is 0 Å². The maximum Gasteiger partial charge on any atom is 0.261 e. The van der Waals surface area contributed by atoms with E-state index in [0.29, 0.717) is 5.56 Å². The van der Waals surface area contributed by atoms with Gasteiger partial charge in [0, 0.05) is 0 Å². The summed E-state index contributed by atoms with van der Waals surface area (Å²) < 4.78 is 55.8. The molecule has 0 spiro atoms. The van der Waals surface area contributed by atoms with Crippen molar-refractivity contribution in [2.45, 2.75) is 30.6 Å². The second-order valence-corrected chi connectivity index (χ2v) is 10.8. The fraction of sp³-hybridized carbons (Fsp3) is 0.143. The van der Waals surface area contributed by atoms with E-state index in [1.807, 2.05) is 13.8 Å². The average Bonchev–Trinajstić information content (AvgIpc) is 2.65. The van der Waals surface area contributed by atoms with Gasteiger partial charge in [-0.1, -0.05) is 47.0 Å². The third-order valence-electron chi connectivity index (χ3n) is 4.37. The molecular weight excluding hydrogens is 444 g/mol. The summed E-state index contributed by atoms with van der Waals surface area (Å²) in [6.07, 6.45) is 0. The second kappa shape index (κ2) is 8.29. The van der Waals surface area contributed by atoms with Crippen molar-refractivity contribution >= 4 is 43.0 Å². The predicted molar refractivity (Wildman–Crippen MR) is 120 cm³/mol. The molecule has 3 aromatic carbocycles. The molecule has 6 nitrogen and oxygen atoms in total. The fourth-order valence-electron chi connectivity index (χ4n) is 2.76. The molecule has 0 saturated carbocycles. The van der Waals surface area contributed by atoms with E-state index in [-0.39, 0.29) is 26.2 Å². The van der Waals surface area contributed by atoms with E-state index < -0.39 is 20.0 Å². The molecule has 0 aliphatic carbocycles. The van der Waals surface area contributed by atoms with E-state index in [1.54, 1.807) is 31.2 Å². The van der Waals surface area contributed by atoms with Gasteiger partial charge in [-0.05, 0) is 62.7 Å². The van der Waals surface area contributed by atoms with Crippen molar-refractivity contribution in [3.8, 4) is 0 Å². The number of rotatable bonds is 6. The highest BCUT2D eigenvalue weighted by Crippen LogP contribution is 2.34. The summed E-state index contributed by atoms with van der Waals surface area (Å²) in [6.45, 7) is 5.42. The topological polar surface area (TPSA) is 92.3 Å². The quantitative estimate of drug-likeness (QED) is 0.544. The first-order valence-corrected chi connectivity index (χ1v) is 12.3. The molecule has 0 amide bonds. The van der Waals surface area contributed by atoms with Gasteiger partial charge in [0.25, 0.3) is 20.0 Å². The van der Waals surface area contributed by atoms with Crippen LogP contribution in [0.1, 0.15) is 16.7 Å². The molecule has 3 rings (SSSR count). The summed E-state index contributed by atoms with van der Waals surface area (Å²) in [5, 5.41) is -0.0491. The van der Waals surface area contributed by atoms with Gasteiger partial charge in [-0.15, -0.1) is 0 Å². The average molecular weight is 465 g/mol. The largest absolute Gasteiger partial charge is 0.278 e. The number of sulfonamides is 2. The highest BCUT2D eigenvalue weighted by Gasteiger charge is 2.21. The molecule has 3 aromatic rings. The number of hydrogen-bond acceptors (Lipinski definition) is 4. The van der Waals surface area contributed by atoms with Crippen LogP contribution in [-0.4, -0.2) is 16.8 Å². The molecule has 0 fully saturated rings. The number of hydrogen-bond donors (Lipinski definition) is 2. The minimum absolute atomic E-state index is 0.0491. The van der Waals surface area contributed by atoms with Gasteiger partial charge in [0.2, 0.25) is 0 Å². The van der Waals surface area contributed by atoms with Gasteiger partial charge in [0.15, 0.2) is 0 Å². The van der Waals surface area contributed by atoms with Crippen molar-refractivity contribution in [2.75, 3.05) is 9.44 Å². The molecule has 0 atom stereocenters. The zero-order valence-corrected chi connectivity index (χ0v) is 19.0. The van der Waals surface area contributed by atoms with Gasteiger partial charge >= 0.3 is 0 Å². The van der Waals surface area contributed by atoms with Crippen molar-refractivity contribution in [3.05, 3.63) is 82.4 Å². The summed E-state index contributed by atoms with van der Waals surface area (Å²) in [6, 6.07) is 15.8. The Bertz CT molecular complexity index is 1190. The van der Waals surface area contributed by atoms with Crippen LogP contribution >= 0.6 is 11.6 Å². The molecule has 0 aliphatic heterocycles. The van der Waals surface area contributed by atoms with Gasteiger partial charge in [0.1, 0.15) is 0 Å². The normalized spacial score (nSPS) is 11.9. The first-order chi connectivity index (χ1) is 14.0. The second-order valence-electron chi connectivity index (χ2n) is 7.01. The molecular formula is C21H21ClN2O4S2. The van der Waals surface area contributed by atoms with Gasteiger partial charge in [0.05, 0.1) is 26.2 Å². The Morgan fingerprint density at radius 3 is 1.27 bits per heavy atom. The lowest BCUT2D eigenvalue weighted by Crippen LogP contribution is -2.16. The van der Waals surface area contributed by atoms with E-state index in [2.05, 4.69) is 9.44 Å². The third-order valence-corrected chi connectivity index (χ3v) is 7.54. The first kappa shape index (κ1) is 22.1. The fourth-order valence-corrected chi connectivity index (χ4v) is 5.20. The molecule has 0 unspecified atom stereocenters. The highest BCUT2D eigenvalue weighted by molar-refractivity contribution is 7.93. The Morgan fingerprint density at radius 2 is 0.933 bits per heavy atom. The van der Waals surface area contributed by atoms with Gasteiger partial charge in [-0.3, -0.25) is 9.44 Å². The van der Waals surface area contributed by atoms with Crippen LogP contribution in [-0.2, 0) is 20.0 Å². The summed E-state index contributed by atoms with van der Waals surface area (Å²) >= 11 is 6.36. The van der Waals surface area contributed by atoms with E-state index in [9.17, 15) is 16.8 Å². The van der Waals surface area contributed by atoms with Crippen LogP contribution in [0.4, 0.5) is 11.4 Å². The van der Waals surface area contributed by atoms with E-state index >= 15 is 0 Å². The van der Waals surface area contributed by atoms with Crippen LogP contribution in [0, 0.1) is 20.8 Å². The smallest absolute Gasteiger partial charge is 0.261 e. The first-order valence-electron chi connectivity index (χ1n) is 8.97. The monoisotopic (exact) mass is 464 g/mol. The zero-order valence-electron chi connectivity index (χ0n) is 16.6. The zero-order chi connectivity index (χ0) is 22.1. The minimum Gasteiger partial charge on any atom is -0.278 e. The molecule has 30 heavy (non-hydrogen) atoms. The molecule has 0 aromatic heterocycles. The molecule has 158 valence electrons. The van der Waals surface area contributed by atoms with Crippen LogP contribution < -0.4 is 9.44 Å². The number of nitrogens with one attached hydrogen (secondary N) is 2. The lowest BCUT2D eigenvalue weighted by atomic mass is 10.2. The highest BCUT2D eigenvalue weighted by atomic mass is 35.5. The lowest BCUT2D eigenvalue weighted by molar-refractivity contribution is 0.599. The number of halogens is 1. The van der Waals surface area contributed by atoms with Crippen molar-refractivity contribution < 1.29 is 16.8 Å². The van der Waals surface area contributed by atoms with Crippen molar-refractivity contribution in [2.24, 2.45) is 0 Å². The van der Waals surface area contributed by atoms with Gasteiger partial charge in [-0.2, -0.15) is 0 Å². The molecule has 0 saturated heterocycles. The van der Waals surface area contributed by atoms with E-state index in [1.165, 1.54) is 36.4 Å². The Balaban J connectivity index is 1.95. The molecule has 9 heteroatoms. The Kier molecular flexibility index (Phi) is 6.12. The summed E-state index contributed by atoms with van der Waals surface area (Å²) in [7, 11) is -7.80. The van der Waals surface area contributed by atoms with Crippen molar-refractivity contribution in [3.63, 3.8) is 0 Å². The standard InChI is InChI=1S/C21H21ClN2O4S2/c1-14-4-8-17(9-5-14)29(25,26)23-19-12-16(3)13-20(21(19)22)24-30(27,28)18-10-6-15(2)7-11-18/h4-13,23-24H,1-3H3. The summed E-state index contributed by atoms with van der Waals surface area (Å²) in [4.78, 5) is 0.153.